The maximum atomic E-state index is 5.90. The van der Waals surface area contributed by atoms with E-state index in [-0.39, 0.29) is 0 Å². The van der Waals surface area contributed by atoms with Crippen LogP contribution >= 0.6 is 0 Å². The van der Waals surface area contributed by atoms with Gasteiger partial charge in [0.15, 0.2) is 0 Å². The summed E-state index contributed by atoms with van der Waals surface area (Å²) in [5.41, 5.74) is 2.67. The van der Waals surface area contributed by atoms with Crippen LogP contribution in [0.1, 0.15) is 18.4 Å². The Bertz CT molecular complexity index is 386. The van der Waals surface area contributed by atoms with Gasteiger partial charge in [0.2, 0.25) is 0 Å². The minimum absolute atomic E-state index is 0.676. The zero-order valence-electron chi connectivity index (χ0n) is 10.2. The monoisotopic (exact) mass is 232 g/mol. The van der Waals surface area contributed by atoms with E-state index in [1.54, 1.807) is 0 Å². The average Bonchev–Trinajstić information content (AvgIpc) is 2.85. The molecule has 0 radical (unpaired) electrons. The van der Waals surface area contributed by atoms with Gasteiger partial charge in [-0.05, 0) is 49.6 Å². The molecular formula is C14H20N2O. The summed E-state index contributed by atoms with van der Waals surface area (Å²) >= 11 is 0. The Labute approximate surface area is 103 Å². The minimum Gasteiger partial charge on any atom is -0.493 e. The third-order valence-corrected chi connectivity index (χ3v) is 3.67. The molecule has 1 aromatic carbocycles. The Kier molecular flexibility index (Phi) is 3.18. The van der Waals surface area contributed by atoms with E-state index in [9.17, 15) is 0 Å². The molecule has 2 heterocycles. The predicted molar refractivity (Wildman–Crippen MR) is 69.7 cm³/mol. The Morgan fingerprint density at radius 3 is 3.18 bits per heavy atom. The summed E-state index contributed by atoms with van der Waals surface area (Å²) in [4.78, 5) is 0. The van der Waals surface area contributed by atoms with Gasteiger partial charge in [0, 0.05) is 24.7 Å². The fourth-order valence-corrected chi connectivity index (χ4v) is 2.65. The summed E-state index contributed by atoms with van der Waals surface area (Å²) in [6.45, 7) is 4.18. The zero-order chi connectivity index (χ0) is 11.5. The number of rotatable bonds is 3. The molecule has 0 aromatic heterocycles. The summed E-state index contributed by atoms with van der Waals surface area (Å²) < 4.78 is 5.90. The van der Waals surface area contributed by atoms with Crippen LogP contribution in [0.4, 0.5) is 5.69 Å². The highest BCUT2D eigenvalue weighted by Gasteiger charge is 2.14. The third-order valence-electron chi connectivity index (χ3n) is 3.67. The second-order valence-corrected chi connectivity index (χ2v) is 5.02. The van der Waals surface area contributed by atoms with E-state index in [1.165, 1.54) is 30.6 Å². The molecule has 2 aliphatic heterocycles. The maximum Gasteiger partial charge on any atom is 0.119 e. The van der Waals surface area contributed by atoms with Crippen molar-refractivity contribution in [3.05, 3.63) is 23.8 Å². The first-order valence-electron chi connectivity index (χ1n) is 6.62. The SMILES string of the molecule is c1cc2c(cc1OCC1CCCNC1)CCN2. The van der Waals surface area contributed by atoms with Crippen molar-refractivity contribution in [1.82, 2.24) is 5.32 Å². The molecule has 3 nitrogen and oxygen atoms in total. The molecule has 2 aliphatic rings. The summed E-state index contributed by atoms with van der Waals surface area (Å²) in [5, 5.41) is 6.79. The maximum absolute atomic E-state index is 5.90. The zero-order valence-corrected chi connectivity index (χ0v) is 10.2. The van der Waals surface area contributed by atoms with Crippen LogP contribution in [0.15, 0.2) is 18.2 Å². The molecule has 0 saturated carbocycles. The van der Waals surface area contributed by atoms with E-state index >= 15 is 0 Å². The van der Waals surface area contributed by atoms with Crippen LogP contribution in [0.25, 0.3) is 0 Å². The van der Waals surface area contributed by atoms with E-state index in [0.717, 1.165) is 31.9 Å². The van der Waals surface area contributed by atoms with Crippen molar-refractivity contribution >= 4 is 5.69 Å². The lowest BCUT2D eigenvalue weighted by Crippen LogP contribution is -2.33. The number of anilines is 1. The Balaban J connectivity index is 1.57. The summed E-state index contributed by atoms with van der Waals surface area (Å²) in [6.07, 6.45) is 3.69. The van der Waals surface area contributed by atoms with Crippen molar-refractivity contribution in [3.8, 4) is 5.75 Å². The molecule has 2 N–H and O–H groups in total. The van der Waals surface area contributed by atoms with Crippen LogP contribution in [0.3, 0.4) is 0 Å². The molecule has 0 bridgehead atoms. The fourth-order valence-electron chi connectivity index (χ4n) is 2.65. The van der Waals surface area contributed by atoms with Crippen LogP contribution in [0.2, 0.25) is 0 Å². The van der Waals surface area contributed by atoms with Crippen molar-refractivity contribution in [2.75, 3.05) is 31.6 Å². The second-order valence-electron chi connectivity index (χ2n) is 5.02. The fraction of sp³-hybridized carbons (Fsp3) is 0.571. The molecule has 92 valence electrons. The van der Waals surface area contributed by atoms with Crippen LogP contribution < -0.4 is 15.4 Å². The molecular weight excluding hydrogens is 212 g/mol. The lowest BCUT2D eigenvalue weighted by atomic mass is 10.0. The van der Waals surface area contributed by atoms with Gasteiger partial charge in [-0.25, -0.2) is 0 Å². The minimum atomic E-state index is 0.676. The Morgan fingerprint density at radius 1 is 1.29 bits per heavy atom. The van der Waals surface area contributed by atoms with Gasteiger partial charge in [-0.1, -0.05) is 0 Å². The molecule has 0 spiro atoms. The highest BCUT2D eigenvalue weighted by atomic mass is 16.5. The van der Waals surface area contributed by atoms with Gasteiger partial charge in [-0.3, -0.25) is 0 Å². The molecule has 1 aromatic rings. The van der Waals surface area contributed by atoms with Crippen LogP contribution in [-0.2, 0) is 6.42 Å². The first-order valence-corrected chi connectivity index (χ1v) is 6.62. The summed E-state index contributed by atoms with van der Waals surface area (Å²) in [7, 11) is 0. The van der Waals surface area contributed by atoms with Crippen molar-refractivity contribution in [2.24, 2.45) is 5.92 Å². The first-order chi connectivity index (χ1) is 8.42. The molecule has 0 amide bonds. The number of hydrogen-bond acceptors (Lipinski definition) is 3. The summed E-state index contributed by atoms with van der Waals surface area (Å²) in [6, 6.07) is 6.40. The van der Waals surface area contributed by atoms with Gasteiger partial charge in [0.05, 0.1) is 6.61 Å². The van der Waals surface area contributed by atoms with E-state index in [2.05, 4.69) is 28.8 Å². The molecule has 1 fully saturated rings. The molecule has 1 unspecified atom stereocenters. The van der Waals surface area contributed by atoms with Crippen LogP contribution in [-0.4, -0.2) is 26.2 Å². The van der Waals surface area contributed by atoms with Gasteiger partial charge < -0.3 is 15.4 Å². The van der Waals surface area contributed by atoms with Gasteiger partial charge in [-0.2, -0.15) is 0 Å². The van der Waals surface area contributed by atoms with Crippen molar-refractivity contribution in [1.29, 1.82) is 0 Å². The molecule has 3 rings (SSSR count). The predicted octanol–water partition coefficient (Wildman–Crippen LogP) is 2.03. The molecule has 1 atom stereocenters. The first kappa shape index (κ1) is 10.9. The molecule has 1 saturated heterocycles. The Morgan fingerprint density at radius 2 is 2.29 bits per heavy atom. The number of ether oxygens (including phenoxy) is 1. The highest BCUT2D eigenvalue weighted by Crippen LogP contribution is 2.26. The molecule has 3 heteroatoms. The normalized spacial score (nSPS) is 22.9. The van der Waals surface area contributed by atoms with Crippen LogP contribution in [0.5, 0.6) is 5.75 Å². The second kappa shape index (κ2) is 4.96. The van der Waals surface area contributed by atoms with Crippen molar-refractivity contribution < 1.29 is 4.74 Å². The number of benzene rings is 1. The largest absolute Gasteiger partial charge is 0.493 e. The smallest absolute Gasteiger partial charge is 0.119 e. The van der Waals surface area contributed by atoms with Gasteiger partial charge in [0.1, 0.15) is 5.75 Å². The number of fused-ring (bicyclic) bond motifs is 1. The van der Waals surface area contributed by atoms with Crippen molar-refractivity contribution in [2.45, 2.75) is 19.3 Å². The third kappa shape index (κ3) is 2.55. The molecule has 17 heavy (non-hydrogen) atoms. The standard InChI is InChI=1S/C14H20N2O/c1-2-11(9-15-6-1)10-17-13-3-4-14-12(8-13)5-7-16-14/h3-4,8,11,15-16H,1-2,5-7,9-10H2. The van der Waals surface area contributed by atoms with E-state index in [0.29, 0.717) is 5.92 Å². The van der Waals surface area contributed by atoms with E-state index < -0.39 is 0 Å². The number of nitrogens with one attached hydrogen (secondary N) is 2. The van der Waals surface area contributed by atoms with Gasteiger partial charge >= 0.3 is 0 Å². The lowest BCUT2D eigenvalue weighted by Gasteiger charge is -2.22. The summed E-state index contributed by atoms with van der Waals surface area (Å²) in [5.74, 6) is 1.70. The Hall–Kier alpha value is -1.22. The quantitative estimate of drug-likeness (QED) is 0.836. The van der Waals surface area contributed by atoms with E-state index in [4.69, 9.17) is 4.74 Å². The number of piperidine rings is 1. The van der Waals surface area contributed by atoms with Crippen molar-refractivity contribution in [3.63, 3.8) is 0 Å². The highest BCUT2D eigenvalue weighted by molar-refractivity contribution is 5.57. The molecule has 0 aliphatic carbocycles. The average molecular weight is 232 g/mol. The topological polar surface area (TPSA) is 33.3 Å². The lowest BCUT2D eigenvalue weighted by molar-refractivity contribution is 0.218. The van der Waals surface area contributed by atoms with Gasteiger partial charge in [0.25, 0.3) is 0 Å². The number of hydrogen-bond donors (Lipinski definition) is 2. The van der Waals surface area contributed by atoms with E-state index in [1.807, 2.05) is 0 Å². The van der Waals surface area contributed by atoms with Gasteiger partial charge in [-0.15, -0.1) is 0 Å². The van der Waals surface area contributed by atoms with Crippen LogP contribution in [0, 0.1) is 5.92 Å².